The highest BCUT2D eigenvalue weighted by atomic mass is 19.1. The number of hydrogen-bond acceptors (Lipinski definition) is 6. The quantitative estimate of drug-likeness (QED) is 0.355. The summed E-state index contributed by atoms with van der Waals surface area (Å²) in [4.78, 5) is 53.1. The molecule has 1 amide bonds. The average Bonchev–Trinajstić information content (AvgIpc) is 2.81. The summed E-state index contributed by atoms with van der Waals surface area (Å²) in [6, 6.07) is 13.7. The molecule has 166 valence electrons. The molecule has 0 aliphatic rings. The zero-order chi connectivity index (χ0) is 23.5. The van der Waals surface area contributed by atoms with Gasteiger partial charge < -0.3 is 5.32 Å². The summed E-state index contributed by atoms with van der Waals surface area (Å²) in [6.07, 6.45) is 1.39. The number of rotatable bonds is 6. The van der Waals surface area contributed by atoms with E-state index in [-0.39, 0.29) is 29.0 Å². The smallest absolute Gasteiger partial charge is 0.324 e. The van der Waals surface area contributed by atoms with Gasteiger partial charge in [0.15, 0.2) is 5.52 Å². The second-order valence-electron chi connectivity index (χ2n) is 7.11. The molecular weight excluding hydrogens is 433 g/mol. The summed E-state index contributed by atoms with van der Waals surface area (Å²) < 4.78 is 15.2. The molecule has 0 aliphatic heterocycles. The summed E-state index contributed by atoms with van der Waals surface area (Å²) in [5, 5.41) is 13.5. The van der Waals surface area contributed by atoms with Crippen LogP contribution in [0.4, 0.5) is 15.8 Å². The number of amides is 1. The molecule has 0 atom stereocenters. The molecule has 11 heteroatoms. The number of hydrogen-bond donors (Lipinski definition) is 1. The van der Waals surface area contributed by atoms with Gasteiger partial charge in [-0.05, 0) is 35.9 Å². The fourth-order valence-corrected chi connectivity index (χ4v) is 3.35. The molecule has 0 fully saturated rings. The topological polar surface area (TPSA) is 129 Å². The number of aromatic nitrogens is 3. The van der Waals surface area contributed by atoms with Crippen molar-refractivity contribution in [3.8, 4) is 0 Å². The normalized spacial score (nSPS) is 10.8. The van der Waals surface area contributed by atoms with Gasteiger partial charge in [-0.3, -0.25) is 28.8 Å². The third-order valence-corrected chi connectivity index (χ3v) is 4.88. The first kappa shape index (κ1) is 21.6. The van der Waals surface area contributed by atoms with E-state index in [1.807, 2.05) is 0 Å². The molecule has 2 aromatic carbocycles. The van der Waals surface area contributed by atoms with Crippen molar-refractivity contribution in [3.05, 3.63) is 109 Å². The first-order chi connectivity index (χ1) is 15.8. The maximum atomic E-state index is 13.2. The minimum Gasteiger partial charge on any atom is -0.324 e. The molecule has 2 heterocycles. The highest BCUT2D eigenvalue weighted by Crippen LogP contribution is 2.17. The summed E-state index contributed by atoms with van der Waals surface area (Å²) >= 11 is 0. The molecule has 0 unspecified atom stereocenters. The van der Waals surface area contributed by atoms with Gasteiger partial charge in [-0.2, -0.15) is 0 Å². The zero-order valence-electron chi connectivity index (χ0n) is 17.0. The van der Waals surface area contributed by atoms with Crippen molar-refractivity contribution in [2.75, 3.05) is 5.32 Å². The van der Waals surface area contributed by atoms with Crippen LogP contribution in [0, 0.1) is 15.9 Å². The van der Waals surface area contributed by atoms with Crippen LogP contribution in [0.2, 0.25) is 0 Å². The van der Waals surface area contributed by atoms with E-state index in [1.54, 1.807) is 0 Å². The molecule has 1 N–H and O–H groups in total. The van der Waals surface area contributed by atoms with Gasteiger partial charge in [0.25, 0.3) is 11.2 Å². The van der Waals surface area contributed by atoms with Gasteiger partial charge in [0.2, 0.25) is 5.91 Å². The Morgan fingerprint density at radius 1 is 1.06 bits per heavy atom. The second-order valence-corrected chi connectivity index (χ2v) is 7.11. The van der Waals surface area contributed by atoms with E-state index in [9.17, 15) is 28.9 Å². The summed E-state index contributed by atoms with van der Waals surface area (Å²) in [6.45, 7) is -0.607. The van der Waals surface area contributed by atoms with E-state index in [1.165, 1.54) is 66.9 Å². The van der Waals surface area contributed by atoms with Crippen LogP contribution >= 0.6 is 0 Å². The minimum atomic E-state index is -0.751. The van der Waals surface area contributed by atoms with Crippen LogP contribution in [0.25, 0.3) is 11.0 Å². The fourth-order valence-electron chi connectivity index (χ4n) is 3.35. The Kier molecular flexibility index (Phi) is 5.77. The fraction of sp³-hybridized carbons (Fsp3) is 0.0909. The van der Waals surface area contributed by atoms with Crippen molar-refractivity contribution in [1.29, 1.82) is 0 Å². The first-order valence-electron chi connectivity index (χ1n) is 9.70. The van der Waals surface area contributed by atoms with Crippen LogP contribution in [0.15, 0.2) is 76.4 Å². The van der Waals surface area contributed by atoms with Crippen LogP contribution in [0.5, 0.6) is 0 Å². The number of benzene rings is 2. The SMILES string of the molecule is O=C(Cn1c(=O)n(Cc2ccc(F)cc2)c(=O)c2ncccc21)Nc1cccc([N+](=O)[O-])c1. The lowest BCUT2D eigenvalue weighted by Gasteiger charge is -2.14. The maximum absolute atomic E-state index is 13.2. The van der Waals surface area contributed by atoms with Crippen molar-refractivity contribution in [3.63, 3.8) is 0 Å². The predicted molar refractivity (Wildman–Crippen MR) is 117 cm³/mol. The monoisotopic (exact) mass is 449 g/mol. The molecule has 33 heavy (non-hydrogen) atoms. The Morgan fingerprint density at radius 2 is 1.82 bits per heavy atom. The molecule has 0 saturated heterocycles. The third kappa shape index (κ3) is 4.51. The molecule has 2 aromatic heterocycles. The van der Waals surface area contributed by atoms with Gasteiger partial charge in [-0.1, -0.05) is 18.2 Å². The largest absolute Gasteiger partial charge is 0.332 e. The van der Waals surface area contributed by atoms with E-state index in [4.69, 9.17) is 0 Å². The van der Waals surface area contributed by atoms with E-state index < -0.39 is 34.4 Å². The summed E-state index contributed by atoms with van der Waals surface area (Å²) in [5.41, 5.74) is -0.746. The number of nitrogens with zero attached hydrogens (tertiary/aromatic N) is 4. The van der Waals surface area contributed by atoms with Crippen molar-refractivity contribution >= 4 is 28.3 Å². The van der Waals surface area contributed by atoms with Crippen LogP contribution in [-0.2, 0) is 17.9 Å². The van der Waals surface area contributed by atoms with Crippen molar-refractivity contribution in [1.82, 2.24) is 14.1 Å². The summed E-state index contributed by atoms with van der Waals surface area (Å²) in [7, 11) is 0. The molecule has 4 aromatic rings. The molecule has 0 spiro atoms. The number of nitro groups is 1. The Balaban J connectivity index is 1.72. The van der Waals surface area contributed by atoms with Gasteiger partial charge in [-0.15, -0.1) is 0 Å². The molecule has 0 saturated carbocycles. The Bertz CT molecular complexity index is 1490. The first-order valence-corrected chi connectivity index (χ1v) is 9.70. The number of halogens is 1. The van der Waals surface area contributed by atoms with Crippen LogP contribution in [0.3, 0.4) is 0 Å². The molecule has 4 rings (SSSR count). The average molecular weight is 449 g/mol. The maximum Gasteiger partial charge on any atom is 0.332 e. The highest BCUT2D eigenvalue weighted by Gasteiger charge is 2.17. The lowest BCUT2D eigenvalue weighted by molar-refractivity contribution is -0.384. The standard InChI is InChI=1S/C22H16FN5O5/c23-15-8-6-14(7-9-15)12-27-21(30)20-18(5-2-10-24-20)26(22(27)31)13-19(29)25-16-3-1-4-17(11-16)28(32)33/h1-11H,12-13H2,(H,25,29). The van der Waals surface area contributed by atoms with Crippen LogP contribution in [0.1, 0.15) is 5.56 Å². The van der Waals surface area contributed by atoms with E-state index in [0.29, 0.717) is 5.56 Å². The molecule has 0 aliphatic carbocycles. The van der Waals surface area contributed by atoms with Crippen molar-refractivity contribution < 1.29 is 14.1 Å². The molecular formula is C22H16FN5O5. The van der Waals surface area contributed by atoms with Gasteiger partial charge in [0.1, 0.15) is 12.4 Å². The van der Waals surface area contributed by atoms with E-state index in [0.717, 1.165) is 9.13 Å². The summed E-state index contributed by atoms with van der Waals surface area (Å²) in [5.74, 6) is -1.09. The number of pyridine rings is 1. The number of carbonyl (C=O) groups is 1. The molecule has 0 bridgehead atoms. The number of carbonyl (C=O) groups excluding carboxylic acids is 1. The van der Waals surface area contributed by atoms with E-state index >= 15 is 0 Å². The lowest BCUT2D eigenvalue weighted by atomic mass is 10.2. The van der Waals surface area contributed by atoms with Crippen LogP contribution < -0.4 is 16.6 Å². The number of nitrogens with one attached hydrogen (secondary N) is 1. The number of anilines is 1. The van der Waals surface area contributed by atoms with Gasteiger partial charge in [0, 0.05) is 24.0 Å². The van der Waals surface area contributed by atoms with E-state index in [2.05, 4.69) is 10.3 Å². The molecule has 0 radical (unpaired) electrons. The zero-order valence-corrected chi connectivity index (χ0v) is 17.0. The highest BCUT2D eigenvalue weighted by molar-refractivity contribution is 5.91. The predicted octanol–water partition coefficient (Wildman–Crippen LogP) is 2.29. The van der Waals surface area contributed by atoms with Crippen LogP contribution in [-0.4, -0.2) is 24.9 Å². The molecule has 10 nitrogen and oxygen atoms in total. The van der Waals surface area contributed by atoms with Gasteiger partial charge in [-0.25, -0.2) is 14.2 Å². The Hall–Kier alpha value is -4.67. The van der Waals surface area contributed by atoms with Crippen molar-refractivity contribution in [2.24, 2.45) is 0 Å². The minimum absolute atomic E-state index is 0.0117. The second kappa shape index (κ2) is 8.83. The van der Waals surface area contributed by atoms with Gasteiger partial charge in [0.05, 0.1) is 17.0 Å². The number of non-ortho nitro benzene ring substituents is 1. The number of fused-ring (bicyclic) bond motifs is 1. The third-order valence-electron chi connectivity index (χ3n) is 4.88. The van der Waals surface area contributed by atoms with Gasteiger partial charge >= 0.3 is 5.69 Å². The Labute approximate surface area is 184 Å². The lowest BCUT2D eigenvalue weighted by Crippen LogP contribution is -2.42. The number of nitro benzene ring substituents is 1. The Morgan fingerprint density at radius 3 is 2.55 bits per heavy atom. The van der Waals surface area contributed by atoms with Crippen molar-refractivity contribution in [2.45, 2.75) is 13.1 Å².